The van der Waals surface area contributed by atoms with Crippen LogP contribution in [0.1, 0.15) is 17.7 Å². The molecule has 0 saturated heterocycles. The molecule has 3 heterocycles. The normalized spacial score (nSPS) is 13.7. The Bertz CT molecular complexity index is 1060. The van der Waals surface area contributed by atoms with Crippen molar-refractivity contribution in [2.45, 2.75) is 26.0 Å². The van der Waals surface area contributed by atoms with Gasteiger partial charge < -0.3 is 9.67 Å². The van der Waals surface area contributed by atoms with Crippen LogP contribution >= 0.6 is 0 Å². The number of benzene rings is 2. The first-order valence-electron chi connectivity index (χ1n) is 8.47. The van der Waals surface area contributed by atoms with E-state index < -0.39 is 0 Å². The Kier molecular flexibility index (Phi) is 2.97. The van der Waals surface area contributed by atoms with Crippen molar-refractivity contribution in [1.29, 1.82) is 0 Å². The topological polar surface area (TPSA) is 38.0 Å². The van der Waals surface area contributed by atoms with Crippen molar-refractivity contribution in [3.8, 4) is 11.3 Å². The van der Waals surface area contributed by atoms with E-state index in [4.69, 9.17) is 4.98 Å². The van der Waals surface area contributed by atoms with Gasteiger partial charge in [-0.2, -0.15) is 0 Å². The third-order valence-electron chi connectivity index (χ3n) is 5.03. The first-order chi connectivity index (χ1) is 11.9. The molecule has 0 unspecified atom stereocenters. The quantitative estimate of drug-likeness (QED) is 0.599. The molecule has 0 fully saturated rings. The van der Waals surface area contributed by atoms with Crippen molar-refractivity contribution in [2.75, 3.05) is 0 Å². The molecule has 4 aromatic rings. The van der Waals surface area contributed by atoms with E-state index in [1.807, 2.05) is 18.2 Å². The summed E-state index contributed by atoms with van der Waals surface area (Å²) in [5.74, 6) is 0. The fraction of sp³-hybridized carbons (Fsp3) is 0.190. The van der Waals surface area contributed by atoms with Gasteiger partial charge in [0.2, 0.25) is 0 Å². The van der Waals surface area contributed by atoms with Gasteiger partial charge in [0.05, 0.1) is 29.0 Å². The molecule has 118 valence electrons. The molecular formula is C21H18N2O. The van der Waals surface area contributed by atoms with Gasteiger partial charge in [-0.05, 0) is 24.5 Å². The van der Waals surface area contributed by atoms with Gasteiger partial charge in [0.25, 0.3) is 0 Å². The maximum absolute atomic E-state index is 9.70. The molecule has 0 aliphatic carbocycles. The van der Waals surface area contributed by atoms with Gasteiger partial charge in [0, 0.05) is 22.9 Å². The Morgan fingerprint density at radius 1 is 0.958 bits per heavy atom. The zero-order chi connectivity index (χ0) is 16.1. The molecule has 1 aliphatic heterocycles. The summed E-state index contributed by atoms with van der Waals surface area (Å²) in [5, 5.41) is 12.2. The van der Waals surface area contributed by atoms with Crippen molar-refractivity contribution in [1.82, 2.24) is 9.55 Å². The van der Waals surface area contributed by atoms with E-state index in [9.17, 15) is 5.11 Å². The fourth-order valence-corrected chi connectivity index (χ4v) is 4.04. The summed E-state index contributed by atoms with van der Waals surface area (Å²) < 4.78 is 2.43. The number of nitrogens with zero attached hydrogens (tertiary/aromatic N) is 2. The predicted molar refractivity (Wildman–Crippen MR) is 96.9 cm³/mol. The van der Waals surface area contributed by atoms with Gasteiger partial charge in [-0.15, -0.1) is 0 Å². The number of aliphatic hydroxyl groups is 1. The maximum atomic E-state index is 9.70. The van der Waals surface area contributed by atoms with Gasteiger partial charge in [0.15, 0.2) is 0 Å². The minimum Gasteiger partial charge on any atom is -0.390 e. The molecule has 5 rings (SSSR count). The SMILES string of the molecule is OCc1cc2c3cccc4c3n(c2c(-c2ccccc2)n1)CCC4. The monoisotopic (exact) mass is 314 g/mol. The molecule has 2 aromatic carbocycles. The van der Waals surface area contributed by atoms with E-state index in [-0.39, 0.29) is 6.61 Å². The zero-order valence-corrected chi connectivity index (χ0v) is 13.4. The molecule has 0 radical (unpaired) electrons. The fourth-order valence-electron chi connectivity index (χ4n) is 4.04. The second-order valence-corrected chi connectivity index (χ2v) is 6.45. The van der Waals surface area contributed by atoms with Crippen LogP contribution in [0.4, 0.5) is 0 Å². The van der Waals surface area contributed by atoms with Gasteiger partial charge in [-0.25, -0.2) is 4.98 Å². The third kappa shape index (κ3) is 1.85. The number of pyridine rings is 1. The number of para-hydroxylation sites is 1. The number of hydrogen-bond acceptors (Lipinski definition) is 2. The summed E-state index contributed by atoms with van der Waals surface area (Å²) in [5.41, 5.74) is 6.75. The summed E-state index contributed by atoms with van der Waals surface area (Å²) in [6, 6.07) is 18.9. The van der Waals surface area contributed by atoms with Crippen LogP contribution in [0.15, 0.2) is 54.6 Å². The van der Waals surface area contributed by atoms with Crippen LogP contribution in [0.25, 0.3) is 33.1 Å². The second-order valence-electron chi connectivity index (χ2n) is 6.45. The first-order valence-corrected chi connectivity index (χ1v) is 8.47. The van der Waals surface area contributed by atoms with Gasteiger partial charge >= 0.3 is 0 Å². The number of aromatic nitrogens is 2. The lowest BCUT2D eigenvalue weighted by atomic mass is 10.0. The van der Waals surface area contributed by atoms with Crippen molar-refractivity contribution < 1.29 is 5.11 Å². The molecule has 3 heteroatoms. The first kappa shape index (κ1) is 13.8. The summed E-state index contributed by atoms with van der Waals surface area (Å²) in [6.45, 7) is 0.985. The van der Waals surface area contributed by atoms with E-state index in [1.54, 1.807) is 0 Å². The Labute approximate surface area is 140 Å². The number of fused-ring (bicyclic) bond motifs is 3. The van der Waals surface area contributed by atoms with Crippen LogP contribution < -0.4 is 0 Å². The maximum Gasteiger partial charge on any atom is 0.0949 e. The average Bonchev–Trinajstić information content (AvgIpc) is 2.98. The largest absolute Gasteiger partial charge is 0.390 e. The van der Waals surface area contributed by atoms with E-state index >= 15 is 0 Å². The molecule has 0 saturated carbocycles. The standard InChI is InChI=1S/C21H18N2O/c24-13-16-12-18-17-10-4-8-15-9-5-11-23(20(15)17)21(18)19(22-16)14-6-2-1-3-7-14/h1-4,6-8,10,12,24H,5,9,11,13H2. The van der Waals surface area contributed by atoms with Crippen LogP contribution in [0.2, 0.25) is 0 Å². The summed E-state index contributed by atoms with van der Waals surface area (Å²) >= 11 is 0. The molecule has 0 spiro atoms. The molecule has 0 bridgehead atoms. The van der Waals surface area contributed by atoms with Crippen LogP contribution in [-0.4, -0.2) is 14.7 Å². The lowest BCUT2D eigenvalue weighted by molar-refractivity contribution is 0.277. The number of aryl methyl sites for hydroxylation is 2. The third-order valence-corrected chi connectivity index (χ3v) is 5.03. The van der Waals surface area contributed by atoms with Crippen molar-refractivity contribution in [3.63, 3.8) is 0 Å². The minimum atomic E-state index is -0.0395. The summed E-state index contributed by atoms with van der Waals surface area (Å²) in [6.07, 6.45) is 2.29. The van der Waals surface area contributed by atoms with Crippen LogP contribution in [0.5, 0.6) is 0 Å². The van der Waals surface area contributed by atoms with Gasteiger partial charge in [0.1, 0.15) is 0 Å². The second kappa shape index (κ2) is 5.18. The molecule has 2 aromatic heterocycles. The highest BCUT2D eigenvalue weighted by Gasteiger charge is 2.21. The molecule has 24 heavy (non-hydrogen) atoms. The molecule has 0 amide bonds. The summed E-state index contributed by atoms with van der Waals surface area (Å²) in [4.78, 5) is 4.78. The van der Waals surface area contributed by atoms with Crippen molar-refractivity contribution in [2.24, 2.45) is 0 Å². The Morgan fingerprint density at radius 2 is 1.83 bits per heavy atom. The van der Waals surface area contributed by atoms with Gasteiger partial charge in [-0.1, -0.05) is 48.5 Å². The van der Waals surface area contributed by atoms with Crippen molar-refractivity contribution >= 4 is 21.8 Å². The Hall–Kier alpha value is -2.65. The average molecular weight is 314 g/mol. The molecule has 1 N–H and O–H groups in total. The number of hydrogen-bond donors (Lipinski definition) is 1. The number of rotatable bonds is 2. The highest BCUT2D eigenvalue weighted by atomic mass is 16.3. The van der Waals surface area contributed by atoms with Gasteiger partial charge in [-0.3, -0.25) is 0 Å². The Balaban J connectivity index is 1.99. The van der Waals surface area contributed by atoms with E-state index in [2.05, 4.69) is 41.0 Å². The van der Waals surface area contributed by atoms with E-state index in [1.165, 1.54) is 27.4 Å². The minimum absolute atomic E-state index is 0.0395. The lowest BCUT2D eigenvalue weighted by Crippen LogP contribution is -2.08. The van der Waals surface area contributed by atoms with E-state index in [0.29, 0.717) is 0 Å². The van der Waals surface area contributed by atoms with Crippen molar-refractivity contribution in [3.05, 3.63) is 65.9 Å². The highest BCUT2D eigenvalue weighted by molar-refractivity contribution is 6.13. The van der Waals surface area contributed by atoms with Crippen LogP contribution in [-0.2, 0) is 19.6 Å². The zero-order valence-electron chi connectivity index (χ0n) is 13.4. The van der Waals surface area contributed by atoms with Crippen LogP contribution in [0, 0.1) is 0 Å². The Morgan fingerprint density at radius 3 is 2.67 bits per heavy atom. The lowest BCUT2D eigenvalue weighted by Gasteiger charge is -2.17. The molecule has 3 nitrogen and oxygen atoms in total. The molecule has 0 atom stereocenters. The highest BCUT2D eigenvalue weighted by Crippen LogP contribution is 2.38. The van der Waals surface area contributed by atoms with Crippen LogP contribution in [0.3, 0.4) is 0 Å². The van der Waals surface area contributed by atoms with E-state index in [0.717, 1.165) is 36.3 Å². The number of aliphatic hydroxyl groups excluding tert-OH is 1. The smallest absolute Gasteiger partial charge is 0.0949 e. The predicted octanol–water partition coefficient (Wildman–Crippen LogP) is 4.30. The summed E-state index contributed by atoms with van der Waals surface area (Å²) in [7, 11) is 0. The molecule has 1 aliphatic rings. The molecular weight excluding hydrogens is 296 g/mol.